The SMILES string of the molecule is O=C(NCCc1ncn[nH]1)C1(c2ccccc2)CCC1. The van der Waals surface area contributed by atoms with Crippen molar-refractivity contribution in [3.8, 4) is 0 Å². The van der Waals surface area contributed by atoms with E-state index in [1.807, 2.05) is 18.2 Å². The Kier molecular flexibility index (Phi) is 3.50. The maximum absolute atomic E-state index is 12.5. The van der Waals surface area contributed by atoms with Gasteiger partial charge in [0.25, 0.3) is 0 Å². The highest BCUT2D eigenvalue weighted by molar-refractivity contribution is 5.89. The lowest BCUT2D eigenvalue weighted by molar-refractivity contribution is -0.129. The number of carbonyl (C=O) groups is 1. The molecule has 0 saturated heterocycles. The summed E-state index contributed by atoms with van der Waals surface area (Å²) in [6, 6.07) is 10.1. The van der Waals surface area contributed by atoms with E-state index in [1.54, 1.807) is 0 Å². The molecular formula is C15H18N4O. The van der Waals surface area contributed by atoms with Crippen molar-refractivity contribution in [3.63, 3.8) is 0 Å². The number of carbonyl (C=O) groups excluding carboxylic acids is 1. The fraction of sp³-hybridized carbons (Fsp3) is 0.400. The maximum atomic E-state index is 12.5. The molecule has 1 aromatic carbocycles. The third-order valence-electron chi connectivity index (χ3n) is 4.08. The van der Waals surface area contributed by atoms with E-state index in [-0.39, 0.29) is 11.3 Å². The maximum Gasteiger partial charge on any atom is 0.230 e. The van der Waals surface area contributed by atoms with E-state index in [9.17, 15) is 4.79 Å². The van der Waals surface area contributed by atoms with E-state index in [4.69, 9.17) is 0 Å². The number of hydrogen-bond acceptors (Lipinski definition) is 3. The third-order valence-corrected chi connectivity index (χ3v) is 4.08. The van der Waals surface area contributed by atoms with Gasteiger partial charge in [0.15, 0.2) is 0 Å². The summed E-state index contributed by atoms with van der Waals surface area (Å²) in [5.74, 6) is 0.933. The normalized spacial score (nSPS) is 16.4. The summed E-state index contributed by atoms with van der Waals surface area (Å²) in [5.41, 5.74) is 0.811. The Morgan fingerprint density at radius 1 is 1.30 bits per heavy atom. The second-order valence-electron chi connectivity index (χ2n) is 5.24. The van der Waals surface area contributed by atoms with E-state index >= 15 is 0 Å². The molecule has 0 radical (unpaired) electrons. The number of nitrogens with one attached hydrogen (secondary N) is 2. The molecule has 1 heterocycles. The Balaban J connectivity index is 1.63. The van der Waals surface area contributed by atoms with Crippen molar-refractivity contribution in [2.75, 3.05) is 6.54 Å². The van der Waals surface area contributed by atoms with Crippen LogP contribution in [0.15, 0.2) is 36.7 Å². The number of benzene rings is 1. The minimum atomic E-state index is -0.317. The molecule has 0 bridgehead atoms. The monoisotopic (exact) mass is 270 g/mol. The van der Waals surface area contributed by atoms with Gasteiger partial charge in [-0.1, -0.05) is 36.8 Å². The topological polar surface area (TPSA) is 70.7 Å². The number of hydrogen-bond donors (Lipinski definition) is 2. The highest BCUT2D eigenvalue weighted by Gasteiger charge is 2.45. The molecule has 0 aliphatic heterocycles. The molecule has 0 atom stereocenters. The first kappa shape index (κ1) is 12.8. The molecule has 1 aliphatic rings. The Labute approximate surface area is 117 Å². The van der Waals surface area contributed by atoms with Crippen molar-refractivity contribution in [2.45, 2.75) is 31.1 Å². The molecule has 104 valence electrons. The molecule has 0 spiro atoms. The average molecular weight is 270 g/mol. The third kappa shape index (κ3) is 2.31. The van der Waals surface area contributed by atoms with Crippen LogP contribution < -0.4 is 5.32 Å². The fourth-order valence-corrected chi connectivity index (χ4v) is 2.75. The lowest BCUT2D eigenvalue weighted by atomic mass is 9.64. The first-order chi connectivity index (χ1) is 9.81. The fourth-order valence-electron chi connectivity index (χ4n) is 2.75. The molecule has 2 aromatic rings. The summed E-state index contributed by atoms with van der Waals surface area (Å²) in [4.78, 5) is 16.6. The molecule has 1 fully saturated rings. The molecule has 1 aromatic heterocycles. The highest BCUT2D eigenvalue weighted by atomic mass is 16.2. The van der Waals surface area contributed by atoms with Crippen LogP contribution in [0.25, 0.3) is 0 Å². The van der Waals surface area contributed by atoms with Crippen molar-refractivity contribution in [1.29, 1.82) is 0 Å². The van der Waals surface area contributed by atoms with E-state index in [2.05, 4.69) is 32.6 Å². The van der Waals surface area contributed by atoms with Crippen LogP contribution in [0, 0.1) is 0 Å². The molecule has 3 rings (SSSR count). The summed E-state index contributed by atoms with van der Waals surface area (Å²) < 4.78 is 0. The van der Waals surface area contributed by atoms with Crippen molar-refractivity contribution in [2.24, 2.45) is 0 Å². The lowest BCUT2D eigenvalue weighted by Gasteiger charge is -2.40. The Bertz CT molecular complexity index is 561. The Morgan fingerprint density at radius 2 is 2.10 bits per heavy atom. The van der Waals surface area contributed by atoms with Crippen LogP contribution in [0.3, 0.4) is 0 Å². The number of aromatic amines is 1. The summed E-state index contributed by atoms with van der Waals surface area (Å²) >= 11 is 0. The number of rotatable bonds is 5. The average Bonchev–Trinajstić information content (AvgIpc) is 2.92. The summed E-state index contributed by atoms with van der Waals surface area (Å²) in [7, 11) is 0. The standard InChI is InChI=1S/C15H18N4O/c20-14(16-10-7-13-17-11-18-19-13)15(8-4-9-15)12-5-2-1-3-6-12/h1-3,5-6,11H,4,7-10H2,(H,16,20)(H,17,18,19). The molecule has 1 amide bonds. The Morgan fingerprint density at radius 3 is 2.70 bits per heavy atom. The minimum absolute atomic E-state index is 0.134. The first-order valence-corrected chi connectivity index (χ1v) is 6.99. The van der Waals surface area contributed by atoms with Crippen LogP contribution >= 0.6 is 0 Å². The van der Waals surface area contributed by atoms with Gasteiger partial charge in [-0.2, -0.15) is 5.10 Å². The molecule has 5 nitrogen and oxygen atoms in total. The quantitative estimate of drug-likeness (QED) is 0.866. The molecule has 1 saturated carbocycles. The number of H-pyrrole nitrogens is 1. The molecule has 0 unspecified atom stereocenters. The van der Waals surface area contributed by atoms with Crippen molar-refractivity contribution in [3.05, 3.63) is 48.0 Å². The van der Waals surface area contributed by atoms with Gasteiger partial charge in [-0.15, -0.1) is 0 Å². The van der Waals surface area contributed by atoms with E-state index in [0.717, 1.165) is 30.7 Å². The van der Waals surface area contributed by atoms with Crippen LogP contribution in [-0.2, 0) is 16.6 Å². The van der Waals surface area contributed by atoms with E-state index in [1.165, 1.54) is 6.33 Å². The van der Waals surface area contributed by atoms with Gasteiger partial charge < -0.3 is 5.32 Å². The molecule has 2 N–H and O–H groups in total. The lowest BCUT2D eigenvalue weighted by Crippen LogP contribution is -2.49. The summed E-state index contributed by atoms with van der Waals surface area (Å²) in [6.07, 6.45) is 5.14. The molecule has 5 heteroatoms. The summed E-state index contributed by atoms with van der Waals surface area (Å²) in [5, 5.41) is 9.63. The van der Waals surface area contributed by atoms with Gasteiger partial charge in [0, 0.05) is 13.0 Å². The van der Waals surface area contributed by atoms with Crippen molar-refractivity contribution < 1.29 is 4.79 Å². The first-order valence-electron chi connectivity index (χ1n) is 6.99. The zero-order valence-corrected chi connectivity index (χ0v) is 11.3. The molecular weight excluding hydrogens is 252 g/mol. The van der Waals surface area contributed by atoms with Crippen LogP contribution in [0.1, 0.15) is 30.7 Å². The second-order valence-corrected chi connectivity index (χ2v) is 5.24. The smallest absolute Gasteiger partial charge is 0.230 e. The van der Waals surface area contributed by atoms with Gasteiger partial charge in [-0.05, 0) is 18.4 Å². The van der Waals surface area contributed by atoms with Crippen LogP contribution in [0.4, 0.5) is 0 Å². The summed E-state index contributed by atoms with van der Waals surface area (Å²) in [6.45, 7) is 0.586. The number of amides is 1. The Hall–Kier alpha value is -2.17. The van der Waals surface area contributed by atoms with Crippen molar-refractivity contribution in [1.82, 2.24) is 20.5 Å². The van der Waals surface area contributed by atoms with Crippen LogP contribution in [0.5, 0.6) is 0 Å². The predicted octanol–water partition coefficient (Wildman–Crippen LogP) is 1.59. The zero-order chi connectivity index (χ0) is 13.8. The van der Waals surface area contributed by atoms with Crippen molar-refractivity contribution >= 4 is 5.91 Å². The van der Waals surface area contributed by atoms with Gasteiger partial charge in [0.2, 0.25) is 5.91 Å². The van der Waals surface area contributed by atoms with Gasteiger partial charge in [0.1, 0.15) is 12.2 Å². The number of nitrogens with zero attached hydrogens (tertiary/aromatic N) is 2. The molecule has 20 heavy (non-hydrogen) atoms. The van der Waals surface area contributed by atoms with Gasteiger partial charge >= 0.3 is 0 Å². The predicted molar refractivity (Wildman–Crippen MR) is 75.1 cm³/mol. The largest absolute Gasteiger partial charge is 0.355 e. The molecule has 1 aliphatic carbocycles. The van der Waals surface area contributed by atoms with Gasteiger partial charge in [-0.25, -0.2) is 4.98 Å². The zero-order valence-electron chi connectivity index (χ0n) is 11.3. The highest BCUT2D eigenvalue weighted by Crippen LogP contribution is 2.43. The van der Waals surface area contributed by atoms with Gasteiger partial charge in [-0.3, -0.25) is 9.89 Å². The van der Waals surface area contributed by atoms with E-state index < -0.39 is 0 Å². The number of aromatic nitrogens is 3. The minimum Gasteiger partial charge on any atom is -0.355 e. The van der Waals surface area contributed by atoms with Crippen LogP contribution in [0.2, 0.25) is 0 Å². The van der Waals surface area contributed by atoms with Crippen LogP contribution in [-0.4, -0.2) is 27.6 Å². The van der Waals surface area contributed by atoms with E-state index in [0.29, 0.717) is 13.0 Å². The van der Waals surface area contributed by atoms with Gasteiger partial charge in [0.05, 0.1) is 5.41 Å². The second kappa shape index (κ2) is 5.45.